The van der Waals surface area contributed by atoms with E-state index < -0.39 is 37.6 Å². The van der Waals surface area contributed by atoms with Crippen LogP contribution in [-0.4, -0.2) is 74.1 Å². The summed E-state index contributed by atoms with van der Waals surface area (Å²) in [4.78, 5) is 32.8. The van der Waals surface area contributed by atoms with Crippen LogP contribution in [0.1, 0.15) is 136 Å². The number of fused-ring (bicyclic) bond motifs is 4. The number of benzene rings is 1. The van der Waals surface area contributed by atoms with Crippen molar-refractivity contribution in [2.75, 3.05) is 33.4 Å². The number of allylic oxidation sites excluding steroid dienone is 1. The van der Waals surface area contributed by atoms with E-state index in [0.29, 0.717) is 43.1 Å². The fourth-order valence-corrected chi connectivity index (χ4v) is 10.0. The number of nitrogens with two attached hydrogens (primary N) is 1. The van der Waals surface area contributed by atoms with Crippen LogP contribution in [0.25, 0.3) is 0 Å². The van der Waals surface area contributed by atoms with Gasteiger partial charge < -0.3 is 34.0 Å². The van der Waals surface area contributed by atoms with Gasteiger partial charge in [-0.25, -0.2) is 0 Å². The van der Waals surface area contributed by atoms with Gasteiger partial charge in [-0.2, -0.15) is 0 Å². The molecule has 1 saturated heterocycles. The number of carbonyl (C=O) groups is 2. The fraction of sp³-hybridized carbons (Fsp3) is 0.675. The number of ether oxygens (including phenoxy) is 3. The quantitative estimate of drug-likeness (QED) is 0.152. The largest absolute Gasteiger partial charge is 0.508 e. The summed E-state index contributed by atoms with van der Waals surface area (Å²) in [7, 11) is -1.16. The Morgan fingerprint density at radius 1 is 1.10 bits per heavy atom. The molecule has 0 bridgehead atoms. The smallest absolute Gasteiger partial charge is 0.265 e. The van der Waals surface area contributed by atoms with Crippen molar-refractivity contribution >= 4 is 19.9 Å². The Bertz CT molecular complexity index is 1730. The number of Topliss-reactive ketones (excluding diaryl/α,β-unsaturated/α-hetero) is 2. The number of hydrogen-bond acceptors (Lipinski definition) is 11. The molecule has 52 heavy (non-hydrogen) atoms. The lowest BCUT2D eigenvalue weighted by atomic mass is 9.59. The summed E-state index contributed by atoms with van der Waals surface area (Å²) >= 11 is 0. The van der Waals surface area contributed by atoms with Crippen LogP contribution in [0.4, 0.5) is 0 Å². The van der Waals surface area contributed by atoms with Gasteiger partial charge in [-0.05, 0) is 86.9 Å². The second kappa shape index (κ2) is 14.6. The zero-order chi connectivity index (χ0) is 37.7. The lowest BCUT2D eigenvalue weighted by molar-refractivity contribution is -0.0273. The van der Waals surface area contributed by atoms with Crippen LogP contribution in [0.3, 0.4) is 0 Å². The van der Waals surface area contributed by atoms with Gasteiger partial charge in [0, 0.05) is 28.7 Å². The van der Waals surface area contributed by atoms with E-state index in [1.807, 2.05) is 26.1 Å². The topological polar surface area (TPSA) is 147 Å². The third kappa shape index (κ3) is 6.11. The highest BCUT2D eigenvalue weighted by atomic mass is 28.4. The molecule has 1 unspecified atom stereocenters. The van der Waals surface area contributed by atoms with E-state index in [4.69, 9.17) is 28.9 Å². The molecule has 1 aromatic heterocycles. The monoisotopic (exact) mass is 737 g/mol. The number of aliphatic hydroxyl groups excluding tert-OH is 1. The van der Waals surface area contributed by atoms with Gasteiger partial charge in [0.05, 0.1) is 31.9 Å². The molecule has 6 rings (SSSR count). The second-order valence-electron chi connectivity index (χ2n) is 16.6. The van der Waals surface area contributed by atoms with Gasteiger partial charge in [0.2, 0.25) is 5.78 Å². The van der Waals surface area contributed by atoms with Gasteiger partial charge in [-0.1, -0.05) is 54.4 Å². The predicted molar refractivity (Wildman–Crippen MR) is 201 cm³/mol. The molecule has 12 heteroatoms. The molecule has 2 heterocycles. The van der Waals surface area contributed by atoms with Crippen molar-refractivity contribution < 1.29 is 37.9 Å². The number of nitrogens with zero attached hydrogens (tertiary/aromatic N) is 2. The lowest BCUT2D eigenvalue weighted by Gasteiger charge is -2.53. The number of aromatic nitrogens is 1. The minimum Gasteiger partial charge on any atom is -0.508 e. The van der Waals surface area contributed by atoms with Crippen LogP contribution < -0.4 is 19.9 Å². The maximum Gasteiger partial charge on any atom is 0.265 e. The van der Waals surface area contributed by atoms with Gasteiger partial charge in [0.1, 0.15) is 22.8 Å². The van der Waals surface area contributed by atoms with Gasteiger partial charge in [-0.15, -0.1) is 0 Å². The van der Waals surface area contributed by atoms with Crippen molar-refractivity contribution in [3.8, 4) is 17.4 Å². The molecular weight excluding hydrogens is 679 g/mol. The Labute approximate surface area is 309 Å². The second-order valence-corrected chi connectivity index (χ2v) is 21.3. The molecule has 0 saturated carbocycles. The molecule has 0 spiro atoms. The van der Waals surface area contributed by atoms with Crippen LogP contribution in [0.15, 0.2) is 21.9 Å². The number of unbranched alkanes of at least 4 members (excludes halogenated alkanes) is 2. The highest BCUT2D eigenvalue weighted by Crippen LogP contribution is 2.59. The van der Waals surface area contributed by atoms with Crippen LogP contribution >= 0.6 is 0 Å². The number of ketones is 2. The minimum absolute atomic E-state index is 0.0395. The van der Waals surface area contributed by atoms with Crippen molar-refractivity contribution in [2.45, 2.75) is 129 Å². The highest BCUT2D eigenvalue weighted by Gasteiger charge is 2.66. The number of likely N-dealkylation sites (tertiary alicyclic amines) is 1. The lowest BCUT2D eigenvalue weighted by Crippen LogP contribution is -2.64. The maximum absolute atomic E-state index is 15.2. The summed E-state index contributed by atoms with van der Waals surface area (Å²) in [6.45, 7) is 19.3. The average molecular weight is 738 g/mol. The zero-order valence-corrected chi connectivity index (χ0v) is 33.6. The third-order valence-electron chi connectivity index (χ3n) is 12.4. The summed E-state index contributed by atoms with van der Waals surface area (Å²) in [5.41, 5.74) is 7.59. The molecule has 0 amide bonds. The normalized spacial score (nSPS) is 26.2. The number of methoxy groups -OCH3 is 1. The van der Waals surface area contributed by atoms with E-state index in [1.165, 1.54) is 0 Å². The Hall–Kier alpha value is -3.19. The predicted octanol–water partition coefficient (Wildman–Crippen LogP) is 8.04. The van der Waals surface area contributed by atoms with Gasteiger partial charge in [0.25, 0.3) is 5.88 Å². The summed E-state index contributed by atoms with van der Waals surface area (Å²) < 4.78 is 31.5. The number of carbonyl (C=O) groups excluding carboxylic acids is 2. The van der Waals surface area contributed by atoms with Crippen molar-refractivity contribution in [2.24, 2.45) is 17.6 Å². The van der Waals surface area contributed by atoms with Crippen molar-refractivity contribution in [1.29, 1.82) is 0 Å². The van der Waals surface area contributed by atoms with Crippen LogP contribution in [0.2, 0.25) is 18.1 Å². The first kappa shape index (κ1) is 38.5. The van der Waals surface area contributed by atoms with Crippen LogP contribution in [-0.2, 0) is 10.8 Å². The Morgan fingerprint density at radius 2 is 1.79 bits per heavy atom. The van der Waals surface area contributed by atoms with Crippen LogP contribution in [0, 0.1) is 11.8 Å². The Morgan fingerprint density at radius 3 is 2.42 bits per heavy atom. The van der Waals surface area contributed by atoms with Gasteiger partial charge in [0.15, 0.2) is 25.5 Å². The van der Waals surface area contributed by atoms with Crippen LogP contribution in [0.5, 0.6) is 17.4 Å². The molecule has 11 nitrogen and oxygen atoms in total. The fourth-order valence-electron chi connectivity index (χ4n) is 8.57. The molecule has 2 aromatic rings. The van der Waals surface area contributed by atoms with E-state index in [9.17, 15) is 5.11 Å². The standard InChI is InChI=1S/C40H59N3O8Si/c1-10-13-18-48-28-22-24(27-16-15-17-43(27)12-3)34(47-7)25-20-23-21-26-32(41)35-31(38(42-50-35)49-19-14-11-2)37(46)40(26,51-52(8,9)39(4,5)6)36(45)29(23)33(44)30(25)28/h22-23,26-27,32,45H,10-21,41H2,1-9H3/t23-,26-,27?,32-,40-/m0/s1. The molecule has 3 N–H and O–H groups in total. The summed E-state index contributed by atoms with van der Waals surface area (Å²) in [6, 6.07) is 1.27. The first-order valence-corrected chi connectivity index (χ1v) is 22.3. The SMILES string of the molecule is CCCCOc1cc(C2CCCN2CC)c(OC)c2c1C(=O)C1=C(O)[C@]3(O[Si](C)(C)C(C)(C)C)C(=O)c4c(OCCCC)noc4[C@@H](N)[C@@H]3C[C@@H]1C2. The van der Waals surface area contributed by atoms with Gasteiger partial charge in [-0.3, -0.25) is 14.5 Å². The molecule has 1 aliphatic heterocycles. The molecule has 1 fully saturated rings. The molecule has 1 aromatic carbocycles. The molecule has 3 aliphatic carbocycles. The van der Waals surface area contributed by atoms with E-state index in [1.54, 1.807) is 7.11 Å². The average Bonchev–Trinajstić information content (AvgIpc) is 3.75. The Balaban J connectivity index is 1.57. The number of aliphatic hydroxyl groups is 1. The van der Waals surface area contributed by atoms with Crippen molar-refractivity contribution in [1.82, 2.24) is 10.1 Å². The van der Waals surface area contributed by atoms with Crippen molar-refractivity contribution in [3.05, 3.63) is 45.4 Å². The number of rotatable bonds is 13. The maximum atomic E-state index is 15.2. The molecule has 5 atom stereocenters. The molecule has 286 valence electrons. The van der Waals surface area contributed by atoms with E-state index in [-0.39, 0.29) is 45.4 Å². The molecule has 0 radical (unpaired) electrons. The molecule has 4 aliphatic rings. The van der Waals surface area contributed by atoms with Crippen molar-refractivity contribution in [3.63, 3.8) is 0 Å². The highest BCUT2D eigenvalue weighted by molar-refractivity contribution is 6.74. The minimum atomic E-state index is -2.83. The number of hydrogen-bond donors (Lipinski definition) is 2. The zero-order valence-electron chi connectivity index (χ0n) is 32.6. The Kier molecular flexibility index (Phi) is 10.8. The first-order chi connectivity index (χ1) is 24.7. The van der Waals surface area contributed by atoms with Gasteiger partial charge >= 0.3 is 0 Å². The van der Waals surface area contributed by atoms with E-state index in [2.05, 4.69) is 44.7 Å². The summed E-state index contributed by atoms with van der Waals surface area (Å²) in [5, 5.41) is 16.6. The van der Waals surface area contributed by atoms with E-state index in [0.717, 1.165) is 62.7 Å². The molecular formula is C40H59N3O8Si. The first-order valence-electron chi connectivity index (χ1n) is 19.4. The third-order valence-corrected chi connectivity index (χ3v) is 16.8. The van der Waals surface area contributed by atoms with E-state index >= 15 is 9.59 Å². The summed E-state index contributed by atoms with van der Waals surface area (Å²) in [6.07, 6.45) is 6.18. The summed E-state index contributed by atoms with van der Waals surface area (Å²) in [5.74, 6) is -0.998.